The lowest BCUT2D eigenvalue weighted by molar-refractivity contribution is -0.0942. The highest BCUT2D eigenvalue weighted by Gasteiger charge is 2.52. The lowest BCUT2D eigenvalue weighted by atomic mass is 10.1. The van der Waals surface area contributed by atoms with Crippen molar-refractivity contribution < 1.29 is 26.8 Å². The van der Waals surface area contributed by atoms with Gasteiger partial charge in [0.1, 0.15) is 12.2 Å². The van der Waals surface area contributed by atoms with Crippen LogP contribution in [-0.4, -0.2) is 49.6 Å². The molecule has 0 spiro atoms. The predicted octanol–water partition coefficient (Wildman–Crippen LogP) is -0.633. The molecule has 0 radical (unpaired) electrons. The van der Waals surface area contributed by atoms with Gasteiger partial charge in [-0.25, -0.2) is 4.18 Å². The van der Waals surface area contributed by atoms with Gasteiger partial charge >= 0.3 is 11.4 Å². The number of fused-ring (bicyclic) bond motifs is 1. The van der Waals surface area contributed by atoms with Gasteiger partial charge in [-0.15, -0.1) is 0 Å². The Morgan fingerprint density at radius 3 is 2.79 bits per heavy atom. The normalized spacial score (nSPS) is 46.9. The van der Waals surface area contributed by atoms with Crippen LogP contribution in [0.1, 0.15) is 0 Å². The minimum atomic E-state index is -1.72. The van der Waals surface area contributed by atoms with Crippen molar-refractivity contribution in [1.82, 2.24) is 0 Å². The third-order valence-electron chi connectivity index (χ3n) is 2.23. The quantitative estimate of drug-likeness (QED) is 0.636. The fraction of sp³-hybridized carbons (Fsp3) is 1.00. The van der Waals surface area contributed by atoms with Gasteiger partial charge in [-0.2, -0.15) is 4.21 Å². The Bertz CT molecular complexity index is 234. The van der Waals surface area contributed by atoms with E-state index in [-0.39, 0.29) is 12.2 Å². The molecule has 2 aliphatic rings. The first-order valence-electron chi connectivity index (χ1n) is 4.19. The molecule has 2 fully saturated rings. The van der Waals surface area contributed by atoms with E-state index < -0.39 is 23.8 Å². The first-order valence-corrected chi connectivity index (χ1v) is 5.19. The van der Waals surface area contributed by atoms with E-state index in [1.807, 2.05) is 0 Å². The molecule has 2 aliphatic heterocycles. The topological polar surface area (TPSA) is 63.2 Å². The van der Waals surface area contributed by atoms with Crippen LogP contribution in [0.3, 0.4) is 0 Å². The van der Waals surface area contributed by atoms with E-state index in [2.05, 4.69) is 0 Å². The van der Waals surface area contributed by atoms with E-state index in [1.54, 1.807) is 14.2 Å². The van der Waals surface area contributed by atoms with Crippen molar-refractivity contribution in [2.45, 2.75) is 24.6 Å². The van der Waals surface area contributed by atoms with Crippen LogP contribution in [0, 0.1) is 0 Å². The molecular formula is C7H12O6S. The third-order valence-corrected chi connectivity index (χ3v) is 2.96. The molecule has 0 aliphatic carbocycles. The molecule has 2 rings (SSSR count). The monoisotopic (exact) mass is 224 g/mol. The lowest BCUT2D eigenvalue weighted by Crippen LogP contribution is -2.35. The molecule has 0 aromatic heterocycles. The molecule has 0 saturated carbocycles. The van der Waals surface area contributed by atoms with Crippen molar-refractivity contribution in [3.8, 4) is 0 Å². The second-order valence-electron chi connectivity index (χ2n) is 3.06. The maximum absolute atomic E-state index is 10.9. The maximum Gasteiger partial charge on any atom is 0.307 e. The molecule has 7 heteroatoms. The van der Waals surface area contributed by atoms with E-state index in [1.165, 1.54) is 0 Å². The van der Waals surface area contributed by atoms with Crippen LogP contribution in [0.25, 0.3) is 0 Å². The van der Waals surface area contributed by atoms with Crippen molar-refractivity contribution in [3.63, 3.8) is 0 Å². The minimum Gasteiger partial charge on any atom is -0.382 e. The van der Waals surface area contributed by atoms with Crippen molar-refractivity contribution in [3.05, 3.63) is 0 Å². The summed E-state index contributed by atoms with van der Waals surface area (Å²) in [6.07, 6.45) is -1.58. The molecule has 82 valence electrons. The van der Waals surface area contributed by atoms with E-state index in [0.29, 0.717) is 6.61 Å². The second kappa shape index (κ2) is 4.21. The zero-order valence-electron chi connectivity index (χ0n) is 7.87. The Hall–Kier alpha value is -0.0500. The van der Waals surface area contributed by atoms with Crippen molar-refractivity contribution in [2.24, 2.45) is 0 Å². The van der Waals surface area contributed by atoms with Crippen LogP contribution in [-0.2, 0) is 33.9 Å². The molecule has 0 bridgehead atoms. The zero-order valence-corrected chi connectivity index (χ0v) is 8.69. The van der Waals surface area contributed by atoms with Gasteiger partial charge in [0.25, 0.3) is 0 Å². The van der Waals surface area contributed by atoms with Gasteiger partial charge in [0.15, 0.2) is 6.10 Å². The van der Waals surface area contributed by atoms with Crippen molar-refractivity contribution in [1.29, 1.82) is 0 Å². The molecule has 0 aromatic rings. The molecule has 2 heterocycles. The van der Waals surface area contributed by atoms with E-state index in [0.717, 1.165) is 0 Å². The highest BCUT2D eigenvalue weighted by molar-refractivity contribution is 7.75. The van der Waals surface area contributed by atoms with Gasteiger partial charge in [-0.1, -0.05) is 0 Å². The van der Waals surface area contributed by atoms with Crippen LogP contribution in [0.2, 0.25) is 0 Å². The number of hydrogen-bond acceptors (Lipinski definition) is 6. The molecular weight excluding hydrogens is 212 g/mol. The summed E-state index contributed by atoms with van der Waals surface area (Å²) in [4.78, 5) is 0. The van der Waals surface area contributed by atoms with Gasteiger partial charge < -0.3 is 14.2 Å². The number of hydrogen-bond donors (Lipinski definition) is 0. The average Bonchev–Trinajstić information content (AvgIpc) is 2.61. The summed E-state index contributed by atoms with van der Waals surface area (Å²) in [5.41, 5.74) is 0. The Morgan fingerprint density at radius 2 is 2.14 bits per heavy atom. The highest BCUT2D eigenvalue weighted by atomic mass is 32.2. The molecule has 1 unspecified atom stereocenters. The summed E-state index contributed by atoms with van der Waals surface area (Å²) < 4.78 is 36.3. The first-order chi connectivity index (χ1) is 6.76. The third kappa shape index (κ3) is 1.71. The zero-order chi connectivity index (χ0) is 10.1. The summed E-state index contributed by atoms with van der Waals surface area (Å²) in [7, 11) is 3.12. The fourth-order valence-electron chi connectivity index (χ4n) is 1.65. The Labute approximate surface area is 84.3 Å². The van der Waals surface area contributed by atoms with Crippen molar-refractivity contribution in [2.75, 3.05) is 20.8 Å². The van der Waals surface area contributed by atoms with Crippen LogP contribution in [0.4, 0.5) is 0 Å². The summed E-state index contributed by atoms with van der Waals surface area (Å²) in [5.74, 6) is 0. The minimum absolute atomic E-state index is 0.239. The standard InChI is InChI=1S/C7H12O6S/c1-9-3-4-5(10-2)6-7(11-4)13-14(8)12-6/h4-7H,3H2,1-2H3/t4-,5+,6-,7-,14?/m1/s1. The van der Waals surface area contributed by atoms with E-state index in [4.69, 9.17) is 22.6 Å². The predicted molar refractivity (Wildman–Crippen MR) is 45.4 cm³/mol. The SMILES string of the molecule is COC[C@H]1O[C@@H]2OS(=O)O[C@@H]2[C@H]1OC. The largest absolute Gasteiger partial charge is 0.382 e. The van der Waals surface area contributed by atoms with Gasteiger partial charge in [0.2, 0.25) is 6.29 Å². The Kier molecular flexibility index (Phi) is 3.15. The molecule has 0 amide bonds. The van der Waals surface area contributed by atoms with E-state index >= 15 is 0 Å². The van der Waals surface area contributed by atoms with Crippen LogP contribution < -0.4 is 0 Å². The lowest BCUT2D eigenvalue weighted by Gasteiger charge is -2.18. The summed E-state index contributed by atoms with van der Waals surface area (Å²) >= 11 is -1.72. The summed E-state index contributed by atoms with van der Waals surface area (Å²) in [6.45, 7) is 0.394. The van der Waals surface area contributed by atoms with E-state index in [9.17, 15) is 4.21 Å². The first kappa shape index (κ1) is 10.5. The number of rotatable bonds is 3. The van der Waals surface area contributed by atoms with Gasteiger partial charge in [-0.3, -0.25) is 4.18 Å². The average molecular weight is 224 g/mol. The Balaban J connectivity index is 2.04. The molecule has 0 N–H and O–H groups in total. The second-order valence-corrected chi connectivity index (χ2v) is 3.85. The highest BCUT2D eigenvalue weighted by Crippen LogP contribution is 2.33. The van der Waals surface area contributed by atoms with Crippen molar-refractivity contribution >= 4 is 11.4 Å². The van der Waals surface area contributed by atoms with Crippen LogP contribution >= 0.6 is 0 Å². The van der Waals surface area contributed by atoms with Gasteiger partial charge in [0.05, 0.1) is 6.61 Å². The molecule has 0 aromatic carbocycles. The molecule has 6 nitrogen and oxygen atoms in total. The molecule has 14 heavy (non-hydrogen) atoms. The summed E-state index contributed by atoms with van der Waals surface area (Å²) in [6, 6.07) is 0. The van der Waals surface area contributed by atoms with Gasteiger partial charge in [-0.05, 0) is 0 Å². The summed E-state index contributed by atoms with van der Waals surface area (Å²) in [5, 5.41) is 0. The molecule has 5 atom stereocenters. The molecule has 2 saturated heterocycles. The maximum atomic E-state index is 10.9. The number of ether oxygens (including phenoxy) is 3. The van der Waals surface area contributed by atoms with Crippen LogP contribution in [0.5, 0.6) is 0 Å². The van der Waals surface area contributed by atoms with Gasteiger partial charge in [0, 0.05) is 14.2 Å². The smallest absolute Gasteiger partial charge is 0.307 e. The fourth-order valence-corrected chi connectivity index (χ4v) is 2.38. The van der Waals surface area contributed by atoms with Crippen LogP contribution in [0.15, 0.2) is 0 Å². The Morgan fingerprint density at radius 1 is 1.36 bits per heavy atom. The number of methoxy groups -OCH3 is 2.